The molecule has 9 heteroatoms. The van der Waals surface area contributed by atoms with E-state index in [1.807, 2.05) is 17.0 Å². The van der Waals surface area contributed by atoms with Crippen LogP contribution in [0.3, 0.4) is 0 Å². The molecule has 0 unspecified atom stereocenters. The first-order chi connectivity index (χ1) is 15.5. The summed E-state index contributed by atoms with van der Waals surface area (Å²) in [6, 6.07) is 10.3. The second-order valence-electron chi connectivity index (χ2n) is 7.62. The summed E-state index contributed by atoms with van der Waals surface area (Å²) in [6.07, 6.45) is 0. The zero-order valence-corrected chi connectivity index (χ0v) is 18.1. The molecule has 2 aliphatic heterocycles. The highest BCUT2D eigenvalue weighted by atomic mass is 16.7. The molecule has 0 atom stereocenters. The number of ketones is 1. The number of methoxy groups -OCH3 is 1. The first kappa shape index (κ1) is 21.6. The predicted molar refractivity (Wildman–Crippen MR) is 117 cm³/mol. The minimum atomic E-state index is -0.240. The molecule has 0 aromatic heterocycles. The number of ether oxygens (including phenoxy) is 3. The van der Waals surface area contributed by atoms with E-state index in [0.717, 1.165) is 0 Å². The number of benzene rings is 2. The molecule has 2 aromatic carbocycles. The van der Waals surface area contributed by atoms with Gasteiger partial charge in [0.2, 0.25) is 12.7 Å². The Bertz CT molecular complexity index is 1050. The van der Waals surface area contributed by atoms with Gasteiger partial charge in [-0.2, -0.15) is 0 Å². The van der Waals surface area contributed by atoms with Gasteiger partial charge in [-0.3, -0.25) is 19.3 Å². The summed E-state index contributed by atoms with van der Waals surface area (Å²) < 4.78 is 16.0. The highest BCUT2D eigenvalue weighted by molar-refractivity contribution is 6.05. The molecule has 32 heavy (non-hydrogen) atoms. The lowest BCUT2D eigenvalue weighted by molar-refractivity contribution is -0.117. The molecule has 2 aliphatic rings. The molecule has 0 saturated carbocycles. The molecule has 0 aliphatic carbocycles. The summed E-state index contributed by atoms with van der Waals surface area (Å²) in [4.78, 5) is 41.2. The average Bonchev–Trinajstić information content (AvgIpc) is 3.26. The molecule has 2 amide bonds. The zero-order valence-electron chi connectivity index (χ0n) is 18.1. The number of carbonyl (C=O) groups excluding carboxylic acids is 3. The summed E-state index contributed by atoms with van der Waals surface area (Å²) >= 11 is 0. The SMILES string of the molecule is COc1ccccc1C(=O)N1CCN(CC(=O)Nc2cc3c(cc2C(C)=O)OCO3)CC1. The van der Waals surface area contributed by atoms with Crippen LogP contribution in [0, 0.1) is 0 Å². The first-order valence-corrected chi connectivity index (χ1v) is 10.4. The minimum Gasteiger partial charge on any atom is -0.496 e. The number of carbonyl (C=O) groups is 3. The summed E-state index contributed by atoms with van der Waals surface area (Å²) in [5.41, 5.74) is 1.30. The van der Waals surface area contributed by atoms with Gasteiger partial charge in [0, 0.05) is 37.8 Å². The molecule has 1 N–H and O–H groups in total. The predicted octanol–water partition coefficient (Wildman–Crippen LogP) is 2.02. The summed E-state index contributed by atoms with van der Waals surface area (Å²) in [5.74, 6) is 1.03. The molecule has 0 radical (unpaired) electrons. The number of hydrogen-bond acceptors (Lipinski definition) is 7. The van der Waals surface area contributed by atoms with Crippen molar-refractivity contribution in [3.8, 4) is 17.2 Å². The molecular weight excluding hydrogens is 414 g/mol. The Hall–Kier alpha value is -3.59. The topological polar surface area (TPSA) is 97.4 Å². The number of anilines is 1. The summed E-state index contributed by atoms with van der Waals surface area (Å²) in [6.45, 7) is 3.82. The van der Waals surface area contributed by atoms with E-state index in [-0.39, 0.29) is 30.9 Å². The van der Waals surface area contributed by atoms with Crippen LogP contribution in [-0.4, -0.2) is 74.0 Å². The van der Waals surface area contributed by atoms with Gasteiger partial charge in [0.1, 0.15) is 5.75 Å². The fourth-order valence-corrected chi connectivity index (χ4v) is 3.83. The highest BCUT2D eigenvalue weighted by Crippen LogP contribution is 2.37. The monoisotopic (exact) mass is 439 g/mol. The Morgan fingerprint density at radius 2 is 1.69 bits per heavy atom. The lowest BCUT2D eigenvalue weighted by atomic mass is 10.1. The van der Waals surface area contributed by atoms with Crippen LogP contribution in [0.25, 0.3) is 0 Å². The van der Waals surface area contributed by atoms with E-state index in [0.29, 0.717) is 60.2 Å². The number of piperazine rings is 1. The number of hydrogen-bond donors (Lipinski definition) is 1. The van der Waals surface area contributed by atoms with Crippen molar-refractivity contribution in [2.75, 3.05) is 51.9 Å². The van der Waals surface area contributed by atoms with E-state index < -0.39 is 0 Å². The minimum absolute atomic E-state index is 0.0852. The van der Waals surface area contributed by atoms with E-state index in [1.54, 1.807) is 36.3 Å². The van der Waals surface area contributed by atoms with Crippen LogP contribution < -0.4 is 19.5 Å². The molecule has 4 rings (SSSR count). The Kier molecular flexibility index (Phi) is 6.27. The Labute approximate surface area is 185 Å². The average molecular weight is 439 g/mol. The fourth-order valence-electron chi connectivity index (χ4n) is 3.83. The number of fused-ring (bicyclic) bond motifs is 1. The van der Waals surface area contributed by atoms with Crippen molar-refractivity contribution in [2.24, 2.45) is 0 Å². The van der Waals surface area contributed by atoms with E-state index in [9.17, 15) is 14.4 Å². The van der Waals surface area contributed by atoms with Crippen LogP contribution in [0.5, 0.6) is 17.2 Å². The molecule has 1 fully saturated rings. The van der Waals surface area contributed by atoms with Crippen molar-refractivity contribution >= 4 is 23.3 Å². The third-order valence-corrected chi connectivity index (χ3v) is 5.53. The van der Waals surface area contributed by atoms with Gasteiger partial charge in [0.15, 0.2) is 17.3 Å². The van der Waals surface area contributed by atoms with Gasteiger partial charge in [-0.25, -0.2) is 0 Å². The maximum Gasteiger partial charge on any atom is 0.257 e. The van der Waals surface area contributed by atoms with Crippen LogP contribution in [-0.2, 0) is 4.79 Å². The van der Waals surface area contributed by atoms with Gasteiger partial charge in [-0.15, -0.1) is 0 Å². The highest BCUT2D eigenvalue weighted by Gasteiger charge is 2.26. The van der Waals surface area contributed by atoms with Gasteiger partial charge in [0.25, 0.3) is 5.91 Å². The second kappa shape index (κ2) is 9.27. The number of amides is 2. The second-order valence-corrected chi connectivity index (χ2v) is 7.62. The first-order valence-electron chi connectivity index (χ1n) is 10.4. The van der Waals surface area contributed by atoms with Crippen LogP contribution >= 0.6 is 0 Å². The van der Waals surface area contributed by atoms with Crippen molar-refractivity contribution < 1.29 is 28.6 Å². The number of rotatable bonds is 6. The number of para-hydroxylation sites is 1. The molecule has 0 spiro atoms. The van der Waals surface area contributed by atoms with Gasteiger partial charge < -0.3 is 24.4 Å². The zero-order chi connectivity index (χ0) is 22.7. The normalized spacial score (nSPS) is 15.4. The quantitative estimate of drug-likeness (QED) is 0.688. The van der Waals surface area contributed by atoms with E-state index in [2.05, 4.69) is 5.32 Å². The number of Topliss-reactive ketones (excluding diaryl/α,β-unsaturated/α-hetero) is 1. The van der Waals surface area contributed by atoms with Crippen molar-refractivity contribution in [1.29, 1.82) is 0 Å². The van der Waals surface area contributed by atoms with Crippen LogP contribution in [0.4, 0.5) is 5.69 Å². The molecule has 0 bridgehead atoms. The van der Waals surface area contributed by atoms with Crippen molar-refractivity contribution in [2.45, 2.75) is 6.92 Å². The molecular formula is C23H25N3O6. The molecule has 1 saturated heterocycles. The smallest absolute Gasteiger partial charge is 0.257 e. The third kappa shape index (κ3) is 4.52. The number of nitrogens with one attached hydrogen (secondary N) is 1. The molecule has 168 valence electrons. The van der Waals surface area contributed by atoms with Crippen LogP contribution in [0.1, 0.15) is 27.6 Å². The lowest BCUT2D eigenvalue weighted by Gasteiger charge is -2.34. The van der Waals surface area contributed by atoms with Crippen LogP contribution in [0.15, 0.2) is 36.4 Å². The number of nitrogens with zero attached hydrogens (tertiary/aromatic N) is 2. The van der Waals surface area contributed by atoms with Gasteiger partial charge in [-0.1, -0.05) is 12.1 Å². The van der Waals surface area contributed by atoms with Crippen LogP contribution in [0.2, 0.25) is 0 Å². The molecule has 9 nitrogen and oxygen atoms in total. The fraction of sp³-hybridized carbons (Fsp3) is 0.348. The maximum absolute atomic E-state index is 12.8. The van der Waals surface area contributed by atoms with E-state index >= 15 is 0 Å². The van der Waals surface area contributed by atoms with E-state index in [1.165, 1.54) is 6.92 Å². The van der Waals surface area contributed by atoms with Gasteiger partial charge in [-0.05, 0) is 25.1 Å². The Balaban J connectivity index is 1.34. The summed E-state index contributed by atoms with van der Waals surface area (Å²) in [7, 11) is 1.54. The van der Waals surface area contributed by atoms with Crippen molar-refractivity contribution in [3.05, 3.63) is 47.5 Å². The maximum atomic E-state index is 12.8. The van der Waals surface area contributed by atoms with Gasteiger partial charge in [0.05, 0.1) is 24.9 Å². The van der Waals surface area contributed by atoms with Gasteiger partial charge >= 0.3 is 0 Å². The Morgan fingerprint density at radius 3 is 2.38 bits per heavy atom. The standard InChI is InChI=1S/C23H25N3O6/c1-15(27)17-11-20-21(32-14-31-20)12-18(17)24-22(28)13-25-7-9-26(10-8-25)23(29)16-5-3-4-6-19(16)30-2/h3-6,11-12H,7-10,13-14H2,1-2H3,(H,24,28). The molecule has 2 heterocycles. The van der Waals surface area contributed by atoms with Crippen molar-refractivity contribution in [3.63, 3.8) is 0 Å². The third-order valence-electron chi connectivity index (χ3n) is 5.53. The molecule has 2 aromatic rings. The summed E-state index contributed by atoms with van der Waals surface area (Å²) in [5, 5.41) is 2.81. The lowest BCUT2D eigenvalue weighted by Crippen LogP contribution is -2.50. The van der Waals surface area contributed by atoms with Crippen molar-refractivity contribution in [1.82, 2.24) is 9.80 Å². The van der Waals surface area contributed by atoms with E-state index in [4.69, 9.17) is 14.2 Å². The Morgan fingerprint density at radius 1 is 1.00 bits per heavy atom. The largest absolute Gasteiger partial charge is 0.496 e.